The third-order valence-electron chi connectivity index (χ3n) is 4.63. The van der Waals surface area contributed by atoms with E-state index in [-0.39, 0.29) is 11.2 Å². The first-order chi connectivity index (χ1) is 11.1. The van der Waals surface area contributed by atoms with E-state index in [4.69, 9.17) is 14.9 Å². The van der Waals surface area contributed by atoms with Crippen LogP contribution < -0.4 is 15.9 Å². The third-order valence-corrected chi connectivity index (χ3v) is 4.63. The molecule has 2 N–H and O–H groups in total. The maximum absolute atomic E-state index is 12.9. The van der Waals surface area contributed by atoms with Gasteiger partial charge in [-0.15, -0.1) is 0 Å². The number of fused-ring (bicyclic) bond motifs is 1. The van der Waals surface area contributed by atoms with Crippen molar-refractivity contribution in [3.63, 3.8) is 0 Å². The van der Waals surface area contributed by atoms with Crippen LogP contribution in [-0.4, -0.2) is 13.0 Å². The Hall–Kier alpha value is -2.30. The van der Waals surface area contributed by atoms with Crippen molar-refractivity contribution in [2.24, 2.45) is 11.7 Å². The van der Waals surface area contributed by atoms with Crippen molar-refractivity contribution in [3.8, 4) is 5.75 Å². The van der Waals surface area contributed by atoms with Crippen LogP contribution in [0.4, 0.5) is 0 Å². The summed E-state index contributed by atoms with van der Waals surface area (Å²) in [6.07, 6.45) is 6.28. The molecule has 0 atom stereocenters. The smallest absolute Gasteiger partial charge is 0.284 e. The first-order valence-corrected chi connectivity index (χ1v) is 8.03. The van der Waals surface area contributed by atoms with Gasteiger partial charge in [0, 0.05) is 5.56 Å². The van der Waals surface area contributed by atoms with Crippen LogP contribution in [0.2, 0.25) is 0 Å². The molecule has 1 aromatic carbocycles. The van der Waals surface area contributed by atoms with Crippen LogP contribution in [-0.2, 0) is 6.42 Å². The molecule has 0 spiro atoms. The lowest BCUT2D eigenvalue weighted by molar-refractivity contribution is 0.0972. The summed E-state index contributed by atoms with van der Waals surface area (Å²) < 4.78 is 10.8. The SMILES string of the molecule is COc1ccc2oc(C(N)=O)c(CC3CCCCC3)c(=O)c2c1. The summed E-state index contributed by atoms with van der Waals surface area (Å²) in [5, 5.41) is 0.431. The van der Waals surface area contributed by atoms with Crippen LogP contribution in [0.1, 0.15) is 48.2 Å². The summed E-state index contributed by atoms with van der Waals surface area (Å²) in [7, 11) is 1.55. The van der Waals surface area contributed by atoms with Crippen LogP contribution in [0.15, 0.2) is 27.4 Å². The van der Waals surface area contributed by atoms with E-state index >= 15 is 0 Å². The number of carbonyl (C=O) groups is 1. The van der Waals surface area contributed by atoms with Crippen molar-refractivity contribution >= 4 is 16.9 Å². The number of hydrogen-bond donors (Lipinski definition) is 1. The van der Waals surface area contributed by atoms with Crippen LogP contribution in [0.25, 0.3) is 11.0 Å². The molecule has 1 heterocycles. The molecule has 1 aliphatic rings. The molecule has 2 aromatic rings. The third kappa shape index (κ3) is 3.09. The highest BCUT2D eigenvalue weighted by molar-refractivity contribution is 5.93. The minimum atomic E-state index is -0.689. The molecule has 0 unspecified atom stereocenters. The monoisotopic (exact) mass is 315 g/mol. The van der Waals surface area contributed by atoms with Crippen molar-refractivity contribution in [1.82, 2.24) is 0 Å². The average Bonchev–Trinajstić information content (AvgIpc) is 2.57. The van der Waals surface area contributed by atoms with Crippen molar-refractivity contribution in [2.75, 3.05) is 7.11 Å². The Morgan fingerprint density at radius 3 is 2.70 bits per heavy atom. The molecule has 0 saturated heterocycles. The lowest BCUT2D eigenvalue weighted by atomic mass is 9.84. The number of methoxy groups -OCH3 is 1. The van der Waals surface area contributed by atoms with E-state index in [1.54, 1.807) is 25.3 Å². The number of amides is 1. The molecule has 0 bridgehead atoms. The molecule has 1 saturated carbocycles. The Balaban J connectivity index is 2.12. The van der Waals surface area contributed by atoms with Gasteiger partial charge in [-0.05, 0) is 30.5 Å². The van der Waals surface area contributed by atoms with Gasteiger partial charge in [-0.3, -0.25) is 9.59 Å². The molecule has 5 heteroatoms. The molecule has 23 heavy (non-hydrogen) atoms. The predicted octanol–water partition coefficient (Wildman–Crippen LogP) is 3.02. The summed E-state index contributed by atoms with van der Waals surface area (Å²) in [4.78, 5) is 24.6. The summed E-state index contributed by atoms with van der Waals surface area (Å²) in [5.41, 5.74) is 6.03. The number of hydrogen-bond acceptors (Lipinski definition) is 4. The second-order valence-corrected chi connectivity index (χ2v) is 6.17. The largest absolute Gasteiger partial charge is 0.497 e. The summed E-state index contributed by atoms with van der Waals surface area (Å²) in [6.45, 7) is 0. The van der Waals surface area contributed by atoms with E-state index in [2.05, 4.69) is 0 Å². The van der Waals surface area contributed by atoms with Crippen molar-refractivity contribution in [3.05, 3.63) is 39.7 Å². The highest BCUT2D eigenvalue weighted by Crippen LogP contribution is 2.28. The van der Waals surface area contributed by atoms with Gasteiger partial charge in [0.05, 0.1) is 12.5 Å². The van der Waals surface area contributed by atoms with Gasteiger partial charge < -0.3 is 14.9 Å². The van der Waals surface area contributed by atoms with Gasteiger partial charge in [0.1, 0.15) is 11.3 Å². The molecule has 1 fully saturated rings. The highest BCUT2D eigenvalue weighted by Gasteiger charge is 2.23. The molecule has 122 valence electrons. The zero-order valence-electron chi connectivity index (χ0n) is 13.3. The standard InChI is InChI=1S/C18H21NO4/c1-22-12-7-8-15-13(10-12)16(20)14(17(23-15)18(19)21)9-11-5-3-2-4-6-11/h7-8,10-11H,2-6,9H2,1H3,(H2,19,21). The molecular weight excluding hydrogens is 294 g/mol. The molecule has 3 rings (SSSR count). The van der Waals surface area contributed by atoms with Gasteiger partial charge in [0.25, 0.3) is 5.91 Å². The topological polar surface area (TPSA) is 82.5 Å². The van der Waals surface area contributed by atoms with Gasteiger partial charge in [0.15, 0.2) is 11.2 Å². The number of rotatable bonds is 4. The van der Waals surface area contributed by atoms with E-state index in [9.17, 15) is 9.59 Å². The van der Waals surface area contributed by atoms with E-state index in [0.29, 0.717) is 34.6 Å². The second kappa shape index (κ2) is 6.44. The lowest BCUT2D eigenvalue weighted by Crippen LogP contribution is -2.23. The Kier molecular flexibility index (Phi) is 4.37. The Morgan fingerprint density at radius 1 is 1.30 bits per heavy atom. The molecule has 1 amide bonds. The Morgan fingerprint density at radius 2 is 2.04 bits per heavy atom. The van der Waals surface area contributed by atoms with Gasteiger partial charge in [0.2, 0.25) is 0 Å². The second-order valence-electron chi connectivity index (χ2n) is 6.17. The maximum atomic E-state index is 12.9. The zero-order chi connectivity index (χ0) is 16.4. The molecular formula is C18H21NO4. The van der Waals surface area contributed by atoms with E-state index in [0.717, 1.165) is 12.8 Å². The predicted molar refractivity (Wildman–Crippen MR) is 87.8 cm³/mol. The van der Waals surface area contributed by atoms with Crippen LogP contribution in [0, 0.1) is 5.92 Å². The van der Waals surface area contributed by atoms with Gasteiger partial charge in [-0.25, -0.2) is 0 Å². The molecule has 0 aliphatic heterocycles. The fraction of sp³-hybridized carbons (Fsp3) is 0.444. The first kappa shape index (κ1) is 15.6. The van der Waals surface area contributed by atoms with Gasteiger partial charge in [-0.2, -0.15) is 0 Å². The average molecular weight is 315 g/mol. The fourth-order valence-corrected chi connectivity index (χ4v) is 3.40. The first-order valence-electron chi connectivity index (χ1n) is 8.03. The molecule has 5 nitrogen and oxygen atoms in total. The van der Waals surface area contributed by atoms with Crippen molar-refractivity contribution in [2.45, 2.75) is 38.5 Å². The Bertz CT molecular complexity index is 787. The number of carbonyl (C=O) groups excluding carboxylic acids is 1. The maximum Gasteiger partial charge on any atom is 0.284 e. The minimum Gasteiger partial charge on any atom is -0.497 e. The quantitative estimate of drug-likeness (QED) is 0.940. The van der Waals surface area contributed by atoms with E-state index < -0.39 is 5.91 Å². The minimum absolute atomic E-state index is 0.00163. The van der Waals surface area contributed by atoms with Crippen LogP contribution in [0.5, 0.6) is 5.75 Å². The number of ether oxygens (including phenoxy) is 1. The van der Waals surface area contributed by atoms with Crippen molar-refractivity contribution in [1.29, 1.82) is 0 Å². The highest BCUT2D eigenvalue weighted by atomic mass is 16.5. The van der Waals surface area contributed by atoms with Crippen LogP contribution in [0.3, 0.4) is 0 Å². The normalized spacial score (nSPS) is 15.7. The molecule has 1 aromatic heterocycles. The lowest BCUT2D eigenvalue weighted by Gasteiger charge is -2.21. The van der Waals surface area contributed by atoms with E-state index in [1.165, 1.54) is 19.3 Å². The Labute approximate surface area is 134 Å². The van der Waals surface area contributed by atoms with Gasteiger partial charge >= 0.3 is 0 Å². The number of nitrogens with two attached hydrogens (primary N) is 1. The zero-order valence-corrected chi connectivity index (χ0v) is 13.3. The number of benzene rings is 1. The molecule has 0 radical (unpaired) electrons. The number of primary amides is 1. The van der Waals surface area contributed by atoms with Gasteiger partial charge in [-0.1, -0.05) is 32.1 Å². The summed E-state index contributed by atoms with van der Waals surface area (Å²) in [6, 6.07) is 4.97. The molecule has 1 aliphatic carbocycles. The fourth-order valence-electron chi connectivity index (χ4n) is 3.40. The van der Waals surface area contributed by atoms with Crippen LogP contribution >= 0.6 is 0 Å². The van der Waals surface area contributed by atoms with E-state index in [1.807, 2.05) is 0 Å². The van der Waals surface area contributed by atoms with Crippen molar-refractivity contribution < 1.29 is 13.9 Å². The summed E-state index contributed by atoms with van der Waals surface area (Å²) >= 11 is 0. The summed E-state index contributed by atoms with van der Waals surface area (Å²) in [5.74, 6) is 0.303.